The summed E-state index contributed by atoms with van der Waals surface area (Å²) >= 11 is 0. The van der Waals surface area contributed by atoms with E-state index in [0.29, 0.717) is 12.8 Å². The minimum Gasteiger partial charge on any atom is -0.550 e. The molecule has 0 amide bonds. The van der Waals surface area contributed by atoms with Gasteiger partial charge in [-0.2, -0.15) is 0 Å². The first-order chi connectivity index (χ1) is 9.90. The number of aliphatic carboxylic acids is 2. The number of pyridine rings is 1. The number of ether oxygens (including phenoxy) is 1. The predicted octanol–water partition coefficient (Wildman–Crippen LogP) is -0.862. The van der Waals surface area contributed by atoms with Crippen LogP contribution >= 0.6 is 0 Å². The van der Waals surface area contributed by atoms with Gasteiger partial charge in [0, 0.05) is 35.2 Å². The number of rotatable bonds is 2. The number of hydrogen-bond acceptors (Lipinski definition) is 7. The molecule has 23 heavy (non-hydrogen) atoms. The number of carboxylic acids is 2. The van der Waals surface area contributed by atoms with Crippen LogP contribution in [-0.4, -0.2) is 29.1 Å². The molecule has 2 fully saturated rings. The van der Waals surface area contributed by atoms with Crippen molar-refractivity contribution < 1.29 is 45.6 Å². The molecule has 3 heterocycles. The molecule has 1 aromatic heterocycles. The maximum atomic E-state index is 10.6. The van der Waals surface area contributed by atoms with Gasteiger partial charge in [0.05, 0.1) is 12.2 Å². The van der Waals surface area contributed by atoms with Gasteiger partial charge in [-0.05, 0) is 38.8 Å². The molecule has 8 heteroatoms. The van der Waals surface area contributed by atoms with Crippen LogP contribution in [0.1, 0.15) is 24.2 Å². The van der Waals surface area contributed by atoms with Crippen molar-refractivity contribution in [1.82, 2.24) is 11.1 Å². The zero-order valence-corrected chi connectivity index (χ0v) is 15.2. The van der Waals surface area contributed by atoms with Crippen molar-refractivity contribution in [2.75, 3.05) is 0 Å². The average molecular weight is 503 g/mol. The molecule has 2 aliphatic heterocycles. The Morgan fingerprint density at radius 3 is 1.70 bits per heavy atom. The van der Waals surface area contributed by atoms with Gasteiger partial charge in [-0.15, -0.1) is 0 Å². The first-order valence-corrected chi connectivity index (χ1v) is 6.87. The summed E-state index contributed by atoms with van der Waals surface area (Å²) in [5.74, 6) is -4.74. The molecule has 0 spiro atoms. The van der Waals surface area contributed by atoms with E-state index >= 15 is 0 Å². The Bertz CT molecular complexity index is 511. The Morgan fingerprint density at radius 2 is 1.43 bits per heavy atom. The number of carbonyl (C=O) groups excluding carboxylic acids is 2. The van der Waals surface area contributed by atoms with Gasteiger partial charge in [0.2, 0.25) is 0 Å². The van der Waals surface area contributed by atoms with Crippen molar-refractivity contribution in [2.45, 2.75) is 38.9 Å². The monoisotopic (exact) mass is 503 g/mol. The average Bonchev–Trinajstić information content (AvgIpc) is 2.98. The quantitative estimate of drug-likeness (QED) is 0.554. The fraction of sp³-hybridized carbons (Fsp3) is 0.533. The minimum atomic E-state index is -1.35. The van der Waals surface area contributed by atoms with E-state index in [1.54, 1.807) is 0 Å². The fourth-order valence-corrected chi connectivity index (χ4v) is 2.96. The van der Waals surface area contributed by atoms with Crippen LogP contribution in [0.2, 0.25) is 0 Å². The van der Waals surface area contributed by atoms with Crippen molar-refractivity contribution in [3.05, 3.63) is 29.6 Å². The van der Waals surface area contributed by atoms with Crippen LogP contribution in [0.3, 0.4) is 0 Å². The number of aryl methyl sites for hydroxylation is 2. The predicted molar refractivity (Wildman–Crippen MR) is 73.6 cm³/mol. The van der Waals surface area contributed by atoms with E-state index in [4.69, 9.17) is 4.74 Å². The summed E-state index contributed by atoms with van der Waals surface area (Å²) in [7, 11) is 0. The molecule has 4 unspecified atom stereocenters. The second-order valence-electron chi connectivity index (χ2n) is 5.40. The van der Waals surface area contributed by atoms with Crippen molar-refractivity contribution in [2.24, 2.45) is 11.8 Å². The van der Waals surface area contributed by atoms with Gasteiger partial charge in [-0.3, -0.25) is 4.98 Å². The van der Waals surface area contributed by atoms with Gasteiger partial charge in [0.25, 0.3) is 0 Å². The molecule has 2 saturated heterocycles. The molecular weight excluding hydrogens is 483 g/mol. The molecule has 2 bridgehead atoms. The Kier molecular flexibility index (Phi) is 8.59. The first kappa shape index (κ1) is 21.7. The molecule has 0 radical (unpaired) electrons. The van der Waals surface area contributed by atoms with E-state index in [2.05, 4.69) is 4.98 Å². The van der Waals surface area contributed by atoms with Gasteiger partial charge >= 0.3 is 21.1 Å². The van der Waals surface area contributed by atoms with Crippen molar-refractivity contribution in [3.63, 3.8) is 0 Å². The van der Waals surface area contributed by atoms with Crippen LogP contribution in [-0.2, 0) is 35.4 Å². The van der Waals surface area contributed by atoms with Crippen molar-refractivity contribution >= 4 is 11.9 Å². The number of fused-ring (bicyclic) bond motifs is 2. The first-order valence-electron chi connectivity index (χ1n) is 6.87. The third-order valence-corrected chi connectivity index (χ3v) is 3.85. The van der Waals surface area contributed by atoms with E-state index in [9.17, 15) is 19.8 Å². The smallest absolute Gasteiger partial charge is 0.550 e. The van der Waals surface area contributed by atoms with E-state index in [0.717, 1.165) is 11.4 Å². The molecule has 3 N–H and O–H groups in total. The Hall–Kier alpha value is -1.30. The van der Waals surface area contributed by atoms with Crippen molar-refractivity contribution in [3.8, 4) is 0 Å². The van der Waals surface area contributed by atoms with Gasteiger partial charge in [0.1, 0.15) is 0 Å². The summed E-state index contributed by atoms with van der Waals surface area (Å²) in [6, 6.07) is 6.00. The third kappa shape index (κ3) is 5.09. The van der Waals surface area contributed by atoms with Crippen LogP contribution in [0.15, 0.2) is 18.2 Å². The second-order valence-corrected chi connectivity index (χ2v) is 5.40. The van der Waals surface area contributed by atoms with E-state index < -0.39 is 36.0 Å². The van der Waals surface area contributed by atoms with Gasteiger partial charge in [-0.1, -0.05) is 6.07 Å². The molecule has 3 rings (SSSR count). The standard InChI is InChI=1S/C8H10O5.C7H9N.H3N.Pt/c9-7(10)5-3-1-2-4(13-3)6(5)8(11)12;1-6-4-3-5-7(2)8-6;;/h3-6H,1-2H2,(H,9,10)(H,11,12);3-5H,1-2H3;1H3;/q;;;+2/p-2. The number of nitrogens with zero attached hydrogens (tertiary/aromatic N) is 1. The normalized spacial score (nSPS) is 27.0. The van der Waals surface area contributed by atoms with Crippen LogP contribution in [0.5, 0.6) is 0 Å². The molecule has 0 aliphatic carbocycles. The largest absolute Gasteiger partial charge is 2.00 e. The number of carboxylic acid groups (broad SMARTS) is 2. The molecule has 130 valence electrons. The number of carbonyl (C=O) groups is 2. The van der Waals surface area contributed by atoms with Gasteiger partial charge < -0.3 is 30.7 Å². The molecule has 1 aromatic rings. The molecule has 7 nitrogen and oxygen atoms in total. The van der Waals surface area contributed by atoms with E-state index in [1.807, 2.05) is 32.0 Å². The summed E-state index contributed by atoms with van der Waals surface area (Å²) in [5.41, 5.74) is 2.18. The number of aromatic nitrogens is 1. The SMILES string of the molecule is Cc1cccc(C)n1.N.O=C([O-])C1C2CCC(O2)C1C(=O)[O-].[Pt+2]. The van der Waals surface area contributed by atoms with Crippen LogP contribution in [0.4, 0.5) is 0 Å². The van der Waals surface area contributed by atoms with Crippen LogP contribution in [0.25, 0.3) is 0 Å². The molecule has 4 atom stereocenters. The zero-order chi connectivity index (χ0) is 15.6. The van der Waals surface area contributed by atoms with E-state index in [1.165, 1.54) is 0 Å². The topological polar surface area (TPSA) is 137 Å². The second kappa shape index (κ2) is 9.11. The fourth-order valence-electron chi connectivity index (χ4n) is 2.96. The summed E-state index contributed by atoms with van der Waals surface area (Å²) in [6.07, 6.45) is 0.232. The number of hydrogen-bond donors (Lipinski definition) is 1. The minimum absolute atomic E-state index is 0. The maximum Gasteiger partial charge on any atom is 2.00 e. The molecule has 0 aromatic carbocycles. The molecule has 2 aliphatic rings. The Labute approximate surface area is 149 Å². The Morgan fingerprint density at radius 1 is 1.04 bits per heavy atom. The summed E-state index contributed by atoms with van der Waals surface area (Å²) in [6.45, 7) is 3.99. The molecular formula is C15H20N2O5Pt. The van der Waals surface area contributed by atoms with Gasteiger partial charge in [-0.25, -0.2) is 0 Å². The van der Waals surface area contributed by atoms with Crippen LogP contribution < -0.4 is 16.4 Å². The summed E-state index contributed by atoms with van der Waals surface area (Å²) in [4.78, 5) is 25.4. The third-order valence-electron chi connectivity index (χ3n) is 3.85. The summed E-state index contributed by atoms with van der Waals surface area (Å²) in [5, 5.41) is 21.2. The van der Waals surface area contributed by atoms with Gasteiger partial charge in [0.15, 0.2) is 0 Å². The van der Waals surface area contributed by atoms with Crippen molar-refractivity contribution in [1.29, 1.82) is 0 Å². The molecule has 0 saturated carbocycles. The maximum absolute atomic E-state index is 10.6. The zero-order valence-electron chi connectivity index (χ0n) is 13.0. The van der Waals surface area contributed by atoms with E-state index in [-0.39, 0.29) is 27.2 Å². The van der Waals surface area contributed by atoms with Crippen LogP contribution in [0, 0.1) is 25.7 Å². The Balaban J connectivity index is 0.000000425. The summed E-state index contributed by atoms with van der Waals surface area (Å²) < 4.78 is 5.18.